The highest BCUT2D eigenvalue weighted by atomic mass is 79.9. The molecule has 90 valence electrons. The van der Waals surface area contributed by atoms with E-state index in [1.165, 1.54) is 0 Å². The van der Waals surface area contributed by atoms with Crippen LogP contribution in [0.1, 0.15) is 24.2 Å². The number of carbonyl (C=O) groups excluding carboxylic acids is 1. The molecule has 0 aromatic heterocycles. The summed E-state index contributed by atoms with van der Waals surface area (Å²) in [5.74, 6) is 0.319. The molecule has 0 bridgehead atoms. The summed E-state index contributed by atoms with van der Waals surface area (Å²) in [6.45, 7) is 4.75. The Hall–Kier alpha value is -0.740. The quantitative estimate of drug-likeness (QED) is 0.844. The van der Waals surface area contributed by atoms with E-state index in [9.17, 15) is 4.79 Å². The normalized spacial score (nSPS) is 9.75. The van der Waals surface area contributed by atoms with Gasteiger partial charge in [0.05, 0.1) is 5.56 Å². The van der Waals surface area contributed by atoms with Crippen LogP contribution in [0.4, 0.5) is 5.69 Å². The molecule has 3 nitrogen and oxygen atoms in total. The Bertz CT molecular complexity index is 369. The molecule has 0 atom stereocenters. The molecule has 0 fully saturated rings. The van der Waals surface area contributed by atoms with E-state index in [2.05, 4.69) is 21.2 Å². The summed E-state index contributed by atoms with van der Waals surface area (Å²) in [7, 11) is 0. The standard InChI is InChI=1S/C11H15BrN2O.ClH/c1-7(2)6-14-11(15)9-4-3-8(12)5-10(9)13;/h3-5,7H,6,13H2,1-2H3,(H,14,15);1H. The number of hydrogen-bond donors (Lipinski definition) is 2. The zero-order valence-electron chi connectivity index (χ0n) is 9.29. The third kappa shape index (κ3) is 4.41. The molecular formula is C11H16BrClN2O. The van der Waals surface area contributed by atoms with E-state index >= 15 is 0 Å². The van der Waals surface area contributed by atoms with E-state index in [1.54, 1.807) is 18.2 Å². The van der Waals surface area contributed by atoms with Crippen molar-refractivity contribution in [3.8, 4) is 0 Å². The van der Waals surface area contributed by atoms with Crippen LogP contribution >= 0.6 is 28.3 Å². The van der Waals surface area contributed by atoms with Crippen LogP contribution < -0.4 is 11.1 Å². The third-order valence-corrected chi connectivity index (χ3v) is 2.42. The summed E-state index contributed by atoms with van der Waals surface area (Å²) in [5.41, 5.74) is 6.76. The lowest BCUT2D eigenvalue weighted by Gasteiger charge is -2.09. The number of rotatable bonds is 3. The molecule has 0 aliphatic carbocycles. The minimum atomic E-state index is -0.117. The first kappa shape index (κ1) is 15.3. The number of nitrogen functional groups attached to an aromatic ring is 1. The first-order chi connectivity index (χ1) is 7.00. The molecule has 3 N–H and O–H groups in total. The molecule has 0 unspecified atom stereocenters. The molecule has 5 heteroatoms. The monoisotopic (exact) mass is 306 g/mol. The maximum Gasteiger partial charge on any atom is 0.253 e. The SMILES string of the molecule is CC(C)CNC(=O)c1ccc(Br)cc1N.Cl. The van der Waals surface area contributed by atoms with E-state index in [0.717, 1.165) is 4.47 Å². The Morgan fingerprint density at radius 1 is 1.50 bits per heavy atom. The molecule has 1 aromatic carbocycles. The summed E-state index contributed by atoms with van der Waals surface area (Å²) in [4.78, 5) is 11.7. The largest absolute Gasteiger partial charge is 0.398 e. The van der Waals surface area contributed by atoms with Crippen LogP contribution in [-0.2, 0) is 0 Å². The van der Waals surface area contributed by atoms with E-state index in [1.807, 2.05) is 13.8 Å². The van der Waals surface area contributed by atoms with Crippen molar-refractivity contribution in [2.45, 2.75) is 13.8 Å². The Morgan fingerprint density at radius 2 is 2.12 bits per heavy atom. The minimum absolute atomic E-state index is 0. The molecule has 0 heterocycles. The lowest BCUT2D eigenvalue weighted by molar-refractivity contribution is 0.0950. The fraction of sp³-hybridized carbons (Fsp3) is 0.364. The average Bonchev–Trinajstić information content (AvgIpc) is 2.14. The molecule has 0 aliphatic heterocycles. The summed E-state index contributed by atoms with van der Waals surface area (Å²) in [6, 6.07) is 5.25. The zero-order valence-corrected chi connectivity index (χ0v) is 11.7. The van der Waals surface area contributed by atoms with Gasteiger partial charge in [-0.2, -0.15) is 0 Å². The Morgan fingerprint density at radius 3 is 2.62 bits per heavy atom. The van der Waals surface area contributed by atoms with Crippen LogP contribution in [0, 0.1) is 5.92 Å². The van der Waals surface area contributed by atoms with Gasteiger partial charge in [-0.15, -0.1) is 12.4 Å². The van der Waals surface area contributed by atoms with Crippen LogP contribution in [0.25, 0.3) is 0 Å². The van der Waals surface area contributed by atoms with E-state index < -0.39 is 0 Å². The van der Waals surface area contributed by atoms with Gasteiger partial charge in [-0.1, -0.05) is 29.8 Å². The van der Waals surface area contributed by atoms with Crippen molar-refractivity contribution in [1.29, 1.82) is 0 Å². The Labute approximate surface area is 110 Å². The highest BCUT2D eigenvalue weighted by Gasteiger charge is 2.09. The second-order valence-corrected chi connectivity index (χ2v) is 4.75. The number of halogens is 2. The predicted octanol–water partition coefficient (Wildman–Crippen LogP) is 2.84. The van der Waals surface area contributed by atoms with Crippen LogP contribution in [-0.4, -0.2) is 12.5 Å². The molecule has 16 heavy (non-hydrogen) atoms. The number of hydrogen-bond acceptors (Lipinski definition) is 2. The Kier molecular flexibility index (Phi) is 6.45. The van der Waals surface area contributed by atoms with E-state index in [4.69, 9.17) is 5.73 Å². The van der Waals surface area contributed by atoms with Crippen molar-refractivity contribution in [2.24, 2.45) is 5.92 Å². The Balaban J connectivity index is 0.00000225. The summed E-state index contributed by atoms with van der Waals surface area (Å²) >= 11 is 3.30. The van der Waals surface area contributed by atoms with Crippen molar-refractivity contribution in [3.63, 3.8) is 0 Å². The van der Waals surface area contributed by atoms with E-state index in [0.29, 0.717) is 23.7 Å². The molecular weight excluding hydrogens is 291 g/mol. The smallest absolute Gasteiger partial charge is 0.253 e. The van der Waals surface area contributed by atoms with Crippen LogP contribution in [0.2, 0.25) is 0 Å². The fourth-order valence-corrected chi connectivity index (χ4v) is 1.51. The van der Waals surface area contributed by atoms with Gasteiger partial charge in [0, 0.05) is 16.7 Å². The van der Waals surface area contributed by atoms with Crippen LogP contribution in [0.3, 0.4) is 0 Å². The van der Waals surface area contributed by atoms with Crippen molar-refractivity contribution in [2.75, 3.05) is 12.3 Å². The maximum absolute atomic E-state index is 11.7. The average molecular weight is 308 g/mol. The van der Waals surface area contributed by atoms with Gasteiger partial charge in [0.1, 0.15) is 0 Å². The van der Waals surface area contributed by atoms with Gasteiger partial charge in [-0.3, -0.25) is 4.79 Å². The van der Waals surface area contributed by atoms with Gasteiger partial charge >= 0.3 is 0 Å². The zero-order chi connectivity index (χ0) is 11.4. The van der Waals surface area contributed by atoms with Crippen LogP contribution in [0.5, 0.6) is 0 Å². The first-order valence-electron chi connectivity index (χ1n) is 4.84. The van der Waals surface area contributed by atoms with Crippen molar-refractivity contribution >= 4 is 39.9 Å². The van der Waals surface area contributed by atoms with Crippen molar-refractivity contribution in [1.82, 2.24) is 5.32 Å². The molecule has 1 amide bonds. The summed E-state index contributed by atoms with van der Waals surface area (Å²) in [6.07, 6.45) is 0. The lowest BCUT2D eigenvalue weighted by atomic mass is 10.1. The number of anilines is 1. The number of carbonyl (C=O) groups is 1. The van der Waals surface area contributed by atoms with Gasteiger partial charge in [0.2, 0.25) is 0 Å². The molecule has 1 rings (SSSR count). The lowest BCUT2D eigenvalue weighted by Crippen LogP contribution is -2.27. The molecule has 0 saturated heterocycles. The van der Waals surface area contributed by atoms with E-state index in [-0.39, 0.29) is 18.3 Å². The van der Waals surface area contributed by atoms with Gasteiger partial charge < -0.3 is 11.1 Å². The summed E-state index contributed by atoms with van der Waals surface area (Å²) in [5, 5.41) is 2.82. The molecule has 0 spiro atoms. The third-order valence-electron chi connectivity index (χ3n) is 1.93. The topological polar surface area (TPSA) is 55.1 Å². The number of amides is 1. The number of nitrogens with two attached hydrogens (primary N) is 1. The van der Waals surface area contributed by atoms with Gasteiger partial charge in [-0.25, -0.2) is 0 Å². The number of nitrogens with one attached hydrogen (secondary N) is 1. The molecule has 1 aromatic rings. The van der Waals surface area contributed by atoms with Gasteiger partial charge in [0.15, 0.2) is 0 Å². The molecule has 0 aliphatic rings. The molecule has 0 saturated carbocycles. The molecule has 0 radical (unpaired) electrons. The minimum Gasteiger partial charge on any atom is -0.398 e. The highest BCUT2D eigenvalue weighted by Crippen LogP contribution is 2.18. The van der Waals surface area contributed by atoms with Gasteiger partial charge in [-0.05, 0) is 24.1 Å². The number of benzene rings is 1. The fourth-order valence-electron chi connectivity index (χ4n) is 1.13. The second-order valence-electron chi connectivity index (χ2n) is 3.84. The maximum atomic E-state index is 11.7. The van der Waals surface area contributed by atoms with Crippen molar-refractivity contribution in [3.05, 3.63) is 28.2 Å². The van der Waals surface area contributed by atoms with Crippen molar-refractivity contribution < 1.29 is 4.79 Å². The summed E-state index contributed by atoms with van der Waals surface area (Å²) < 4.78 is 0.875. The second kappa shape index (κ2) is 6.76. The predicted molar refractivity (Wildman–Crippen MR) is 73.0 cm³/mol. The highest BCUT2D eigenvalue weighted by molar-refractivity contribution is 9.10. The van der Waals surface area contributed by atoms with Gasteiger partial charge in [0.25, 0.3) is 5.91 Å². The first-order valence-corrected chi connectivity index (χ1v) is 5.63. The van der Waals surface area contributed by atoms with Crippen LogP contribution in [0.15, 0.2) is 22.7 Å².